The molecule has 0 spiro atoms. The molecule has 0 aliphatic heterocycles. The van der Waals surface area contributed by atoms with Gasteiger partial charge < -0.3 is 4.74 Å². The van der Waals surface area contributed by atoms with E-state index in [1.54, 1.807) is 0 Å². The molecule has 2 nitrogen and oxygen atoms in total. The van der Waals surface area contributed by atoms with E-state index in [0.29, 0.717) is 6.61 Å². The largest absolute Gasteiger partial charge is 0.478 e. The molecule has 0 aliphatic carbocycles. The van der Waals surface area contributed by atoms with Gasteiger partial charge in [-0.05, 0) is 38.1 Å². The molecule has 76 valence electrons. The smallest absolute Gasteiger partial charge is 0.216 e. The fourth-order valence-corrected chi connectivity index (χ4v) is 1.36. The van der Waals surface area contributed by atoms with E-state index in [-0.39, 0.29) is 0 Å². The van der Waals surface area contributed by atoms with Crippen molar-refractivity contribution in [3.63, 3.8) is 0 Å². The van der Waals surface area contributed by atoms with Crippen molar-refractivity contribution in [2.24, 2.45) is 4.99 Å². The van der Waals surface area contributed by atoms with Crippen molar-refractivity contribution in [2.75, 3.05) is 13.2 Å². The molecule has 0 amide bonds. The van der Waals surface area contributed by atoms with Crippen LogP contribution >= 0.6 is 15.9 Å². The number of halogens is 1. The van der Waals surface area contributed by atoms with Gasteiger partial charge in [0, 0.05) is 16.6 Å². The van der Waals surface area contributed by atoms with Crippen LogP contribution in [0.3, 0.4) is 0 Å². The van der Waals surface area contributed by atoms with Gasteiger partial charge in [-0.1, -0.05) is 15.9 Å². The zero-order valence-corrected chi connectivity index (χ0v) is 10.0. The number of nitrogens with zero attached hydrogens (tertiary/aromatic N) is 1. The third kappa shape index (κ3) is 3.14. The Kier molecular flexibility index (Phi) is 4.66. The lowest BCUT2D eigenvalue weighted by molar-refractivity contribution is 0.327. The minimum Gasteiger partial charge on any atom is -0.478 e. The van der Waals surface area contributed by atoms with Crippen LogP contribution in [0.2, 0.25) is 0 Å². The average molecular weight is 256 g/mol. The van der Waals surface area contributed by atoms with E-state index in [2.05, 4.69) is 20.9 Å². The maximum absolute atomic E-state index is 5.44. The summed E-state index contributed by atoms with van der Waals surface area (Å²) in [6.45, 7) is 5.35. The van der Waals surface area contributed by atoms with Crippen molar-refractivity contribution in [2.45, 2.75) is 13.8 Å². The number of benzene rings is 1. The Morgan fingerprint density at radius 1 is 1.29 bits per heavy atom. The predicted molar refractivity (Wildman–Crippen MR) is 62.8 cm³/mol. The summed E-state index contributed by atoms with van der Waals surface area (Å²) in [5, 5.41) is 0. The molecule has 0 N–H and O–H groups in total. The topological polar surface area (TPSA) is 21.6 Å². The Balaban J connectivity index is 2.88. The van der Waals surface area contributed by atoms with Crippen LogP contribution in [0.4, 0.5) is 0 Å². The highest BCUT2D eigenvalue weighted by molar-refractivity contribution is 9.10. The lowest BCUT2D eigenvalue weighted by Crippen LogP contribution is -2.06. The summed E-state index contributed by atoms with van der Waals surface area (Å²) >= 11 is 3.39. The van der Waals surface area contributed by atoms with Crippen molar-refractivity contribution in [1.82, 2.24) is 0 Å². The van der Waals surface area contributed by atoms with Crippen LogP contribution in [0.1, 0.15) is 19.4 Å². The number of ether oxygens (including phenoxy) is 1. The van der Waals surface area contributed by atoms with E-state index in [4.69, 9.17) is 4.74 Å². The number of aliphatic imine (C=N–C) groups is 1. The Hall–Kier alpha value is -0.830. The highest BCUT2D eigenvalue weighted by atomic mass is 79.9. The Morgan fingerprint density at radius 2 is 1.93 bits per heavy atom. The Morgan fingerprint density at radius 3 is 2.43 bits per heavy atom. The predicted octanol–water partition coefficient (Wildman–Crippen LogP) is 3.25. The van der Waals surface area contributed by atoms with E-state index in [1.807, 2.05) is 38.1 Å². The van der Waals surface area contributed by atoms with Crippen molar-refractivity contribution in [1.29, 1.82) is 0 Å². The lowest BCUT2D eigenvalue weighted by Gasteiger charge is -2.06. The second-order valence-corrected chi connectivity index (χ2v) is 3.64. The van der Waals surface area contributed by atoms with Gasteiger partial charge in [0.15, 0.2) is 0 Å². The van der Waals surface area contributed by atoms with Gasteiger partial charge in [0.1, 0.15) is 0 Å². The van der Waals surface area contributed by atoms with Crippen LogP contribution in [-0.2, 0) is 4.74 Å². The molecule has 14 heavy (non-hydrogen) atoms. The summed E-state index contributed by atoms with van der Waals surface area (Å²) in [7, 11) is 0. The second-order valence-electron chi connectivity index (χ2n) is 2.72. The third-order valence-corrected chi connectivity index (χ3v) is 2.20. The van der Waals surface area contributed by atoms with Gasteiger partial charge in [-0.25, -0.2) is 0 Å². The fourth-order valence-electron chi connectivity index (χ4n) is 1.09. The molecule has 0 aromatic heterocycles. The molecule has 0 atom stereocenters. The summed E-state index contributed by atoms with van der Waals surface area (Å²) in [5.41, 5.74) is 1.02. The molecular weight excluding hydrogens is 242 g/mol. The molecule has 0 fully saturated rings. The monoisotopic (exact) mass is 255 g/mol. The summed E-state index contributed by atoms with van der Waals surface area (Å²) in [6, 6.07) is 7.96. The van der Waals surface area contributed by atoms with Crippen LogP contribution in [0.15, 0.2) is 33.7 Å². The quantitative estimate of drug-likeness (QED) is 0.601. The minimum absolute atomic E-state index is 0.648. The van der Waals surface area contributed by atoms with Gasteiger partial charge in [-0.3, -0.25) is 4.99 Å². The molecule has 0 saturated carbocycles. The SMILES string of the molecule is CCN=C(OCC)c1ccc(Br)cc1. The van der Waals surface area contributed by atoms with E-state index in [0.717, 1.165) is 22.5 Å². The highest BCUT2D eigenvalue weighted by Crippen LogP contribution is 2.11. The minimum atomic E-state index is 0.648. The van der Waals surface area contributed by atoms with Crippen LogP contribution in [0.25, 0.3) is 0 Å². The molecule has 0 radical (unpaired) electrons. The van der Waals surface area contributed by atoms with Gasteiger partial charge in [-0.2, -0.15) is 0 Å². The van der Waals surface area contributed by atoms with E-state index < -0.39 is 0 Å². The molecule has 0 bridgehead atoms. The molecule has 1 aromatic carbocycles. The van der Waals surface area contributed by atoms with Crippen molar-refractivity contribution in [3.05, 3.63) is 34.3 Å². The highest BCUT2D eigenvalue weighted by Gasteiger charge is 2.02. The standard InChI is InChI=1S/C11H14BrNO/c1-3-13-11(14-4-2)9-5-7-10(12)8-6-9/h5-8H,3-4H2,1-2H3. The van der Waals surface area contributed by atoms with E-state index >= 15 is 0 Å². The number of hydrogen-bond donors (Lipinski definition) is 0. The van der Waals surface area contributed by atoms with Gasteiger partial charge in [-0.15, -0.1) is 0 Å². The first kappa shape index (κ1) is 11.2. The Labute approximate surface area is 93.1 Å². The first-order valence-electron chi connectivity index (χ1n) is 4.71. The first-order valence-corrected chi connectivity index (χ1v) is 5.50. The maximum atomic E-state index is 5.44. The third-order valence-electron chi connectivity index (χ3n) is 1.67. The average Bonchev–Trinajstić information content (AvgIpc) is 2.19. The van der Waals surface area contributed by atoms with Crippen LogP contribution in [0, 0.1) is 0 Å². The van der Waals surface area contributed by atoms with Gasteiger partial charge >= 0.3 is 0 Å². The lowest BCUT2D eigenvalue weighted by atomic mass is 10.2. The van der Waals surface area contributed by atoms with Gasteiger partial charge in [0.05, 0.1) is 6.61 Å². The molecule has 3 heteroatoms. The molecular formula is C11H14BrNO. The van der Waals surface area contributed by atoms with Crippen LogP contribution in [-0.4, -0.2) is 19.0 Å². The zero-order valence-electron chi connectivity index (χ0n) is 8.46. The summed E-state index contributed by atoms with van der Waals surface area (Å²) < 4.78 is 6.51. The van der Waals surface area contributed by atoms with Gasteiger partial charge in [0.25, 0.3) is 0 Å². The van der Waals surface area contributed by atoms with Crippen molar-refractivity contribution >= 4 is 21.8 Å². The van der Waals surface area contributed by atoms with Crippen LogP contribution < -0.4 is 0 Å². The zero-order chi connectivity index (χ0) is 10.4. The van der Waals surface area contributed by atoms with E-state index in [9.17, 15) is 0 Å². The van der Waals surface area contributed by atoms with Crippen molar-refractivity contribution < 1.29 is 4.74 Å². The molecule has 0 heterocycles. The van der Waals surface area contributed by atoms with E-state index in [1.165, 1.54) is 0 Å². The summed E-state index contributed by atoms with van der Waals surface area (Å²) in [6.07, 6.45) is 0. The number of rotatable bonds is 3. The Bertz CT molecular complexity index is 306. The van der Waals surface area contributed by atoms with Gasteiger partial charge in [0.2, 0.25) is 5.90 Å². The maximum Gasteiger partial charge on any atom is 0.216 e. The normalized spacial score (nSPS) is 11.5. The van der Waals surface area contributed by atoms with Crippen LogP contribution in [0.5, 0.6) is 0 Å². The fraction of sp³-hybridized carbons (Fsp3) is 0.364. The molecule has 1 aromatic rings. The molecule has 0 unspecified atom stereocenters. The molecule has 1 rings (SSSR count). The molecule has 0 aliphatic rings. The van der Waals surface area contributed by atoms with Crippen molar-refractivity contribution in [3.8, 4) is 0 Å². The first-order chi connectivity index (χ1) is 6.77. The molecule has 0 saturated heterocycles. The summed E-state index contributed by atoms with van der Waals surface area (Å²) in [4.78, 5) is 4.29. The summed E-state index contributed by atoms with van der Waals surface area (Å²) in [5.74, 6) is 0.725. The second kappa shape index (κ2) is 5.81. The number of hydrogen-bond acceptors (Lipinski definition) is 2.